The minimum atomic E-state index is -4.40. The summed E-state index contributed by atoms with van der Waals surface area (Å²) in [6.07, 6.45) is -4.40. The molecule has 186 valence electrons. The van der Waals surface area contributed by atoms with Gasteiger partial charge in [-0.15, -0.1) is 11.3 Å². The highest BCUT2D eigenvalue weighted by atomic mass is 32.1. The van der Waals surface area contributed by atoms with E-state index in [1.165, 1.54) is 17.4 Å². The fraction of sp³-hybridized carbons (Fsp3) is 0.240. The number of alkyl halides is 3. The maximum absolute atomic E-state index is 13.0. The molecule has 0 bridgehead atoms. The summed E-state index contributed by atoms with van der Waals surface area (Å²) in [4.78, 5) is 44.1. The second kappa shape index (κ2) is 9.30. The van der Waals surface area contributed by atoms with Gasteiger partial charge in [-0.05, 0) is 47.3 Å². The Hall–Kier alpha value is -3.86. The van der Waals surface area contributed by atoms with Crippen LogP contribution in [0.15, 0.2) is 69.6 Å². The summed E-state index contributed by atoms with van der Waals surface area (Å²) in [6.45, 7) is 1.67. The van der Waals surface area contributed by atoms with Crippen LogP contribution in [-0.2, 0) is 12.7 Å². The summed E-state index contributed by atoms with van der Waals surface area (Å²) in [5.74, 6) is -0.180. The van der Waals surface area contributed by atoms with Gasteiger partial charge in [0.1, 0.15) is 4.70 Å². The first-order valence-corrected chi connectivity index (χ1v) is 12.1. The summed E-state index contributed by atoms with van der Waals surface area (Å²) >= 11 is 1.26. The molecule has 0 saturated carbocycles. The summed E-state index contributed by atoms with van der Waals surface area (Å²) in [5, 5.41) is 1.74. The molecule has 1 aliphatic rings. The molecule has 1 fully saturated rings. The molecule has 3 heterocycles. The first-order chi connectivity index (χ1) is 17.2. The molecule has 1 amide bonds. The van der Waals surface area contributed by atoms with E-state index in [0.29, 0.717) is 53.2 Å². The first-order valence-electron chi connectivity index (χ1n) is 11.2. The van der Waals surface area contributed by atoms with Gasteiger partial charge in [0.05, 0.1) is 17.6 Å². The molecule has 1 saturated heterocycles. The van der Waals surface area contributed by atoms with Crippen LogP contribution < -0.4 is 16.1 Å². The van der Waals surface area contributed by atoms with E-state index in [-0.39, 0.29) is 18.0 Å². The molecule has 0 unspecified atom stereocenters. The Kier molecular flexibility index (Phi) is 6.17. The van der Waals surface area contributed by atoms with E-state index in [0.717, 1.165) is 16.7 Å². The number of carbonyl (C=O) groups excluding carboxylic acids is 1. The maximum atomic E-state index is 13.0. The fourth-order valence-electron chi connectivity index (χ4n) is 4.28. The van der Waals surface area contributed by atoms with Crippen LogP contribution in [0.3, 0.4) is 0 Å². The lowest BCUT2D eigenvalue weighted by Gasteiger charge is -2.36. The quantitative estimate of drug-likeness (QED) is 0.450. The van der Waals surface area contributed by atoms with Gasteiger partial charge in [-0.1, -0.05) is 18.2 Å². The first kappa shape index (κ1) is 23.9. The molecule has 2 aromatic heterocycles. The summed E-state index contributed by atoms with van der Waals surface area (Å²) < 4.78 is 40.7. The molecular formula is C25H21F3N4O3S. The summed E-state index contributed by atoms with van der Waals surface area (Å²) in [5.41, 5.74) is 0.601. The third-order valence-electron chi connectivity index (χ3n) is 6.24. The SMILES string of the molecule is O=C(c1ccc(Cn2c(=O)[nH]c3ccsc3c2=O)cc1)N1CCN(c2cccc(C(F)(F)F)c2)CC1. The van der Waals surface area contributed by atoms with E-state index >= 15 is 0 Å². The highest BCUT2D eigenvalue weighted by molar-refractivity contribution is 7.17. The Bertz CT molecular complexity index is 1530. The molecule has 1 aliphatic heterocycles. The third-order valence-corrected chi connectivity index (χ3v) is 7.14. The van der Waals surface area contributed by atoms with E-state index in [4.69, 9.17) is 0 Å². The van der Waals surface area contributed by atoms with Gasteiger partial charge in [-0.3, -0.25) is 14.2 Å². The van der Waals surface area contributed by atoms with Crippen molar-refractivity contribution in [1.82, 2.24) is 14.5 Å². The Morgan fingerprint density at radius 2 is 1.69 bits per heavy atom. The number of aromatic nitrogens is 2. The highest BCUT2D eigenvalue weighted by Crippen LogP contribution is 2.32. The number of nitrogens with one attached hydrogen (secondary N) is 1. The lowest BCUT2D eigenvalue weighted by atomic mass is 10.1. The number of aromatic amines is 1. The number of nitrogens with zero attached hydrogens (tertiary/aromatic N) is 3. The molecule has 11 heteroatoms. The van der Waals surface area contributed by atoms with Crippen LogP contribution >= 0.6 is 11.3 Å². The van der Waals surface area contributed by atoms with Crippen molar-refractivity contribution in [2.24, 2.45) is 0 Å². The molecular weight excluding hydrogens is 493 g/mol. The summed E-state index contributed by atoms with van der Waals surface area (Å²) in [7, 11) is 0. The third kappa shape index (κ3) is 4.66. The summed E-state index contributed by atoms with van der Waals surface area (Å²) in [6, 6.07) is 13.6. The molecule has 7 nitrogen and oxygen atoms in total. The van der Waals surface area contributed by atoms with E-state index < -0.39 is 17.4 Å². The molecule has 2 aromatic carbocycles. The number of fused-ring (bicyclic) bond motifs is 1. The monoisotopic (exact) mass is 514 g/mol. The van der Waals surface area contributed by atoms with Crippen LogP contribution in [0.2, 0.25) is 0 Å². The highest BCUT2D eigenvalue weighted by Gasteiger charge is 2.31. The predicted octanol–water partition coefficient (Wildman–Crippen LogP) is 3.78. The smallest absolute Gasteiger partial charge is 0.368 e. The minimum absolute atomic E-state index is 0.0755. The Morgan fingerprint density at radius 1 is 0.972 bits per heavy atom. The maximum Gasteiger partial charge on any atom is 0.416 e. The van der Waals surface area contributed by atoms with Crippen molar-refractivity contribution >= 4 is 33.1 Å². The molecule has 36 heavy (non-hydrogen) atoms. The van der Waals surface area contributed by atoms with Crippen LogP contribution in [0.25, 0.3) is 10.2 Å². The van der Waals surface area contributed by atoms with Crippen molar-refractivity contribution in [1.29, 1.82) is 0 Å². The molecule has 4 aromatic rings. The Balaban J connectivity index is 1.24. The van der Waals surface area contributed by atoms with Crippen LogP contribution in [0.1, 0.15) is 21.5 Å². The average Bonchev–Trinajstić information content (AvgIpc) is 3.35. The van der Waals surface area contributed by atoms with Gasteiger partial charge < -0.3 is 14.8 Å². The van der Waals surface area contributed by atoms with Gasteiger partial charge in [0, 0.05) is 37.4 Å². The second-order valence-corrected chi connectivity index (χ2v) is 9.43. The van der Waals surface area contributed by atoms with Crippen LogP contribution in [-0.4, -0.2) is 46.5 Å². The number of benzene rings is 2. The number of anilines is 1. The van der Waals surface area contributed by atoms with Crippen LogP contribution in [0, 0.1) is 0 Å². The van der Waals surface area contributed by atoms with Gasteiger partial charge in [0.15, 0.2) is 0 Å². The van der Waals surface area contributed by atoms with Crippen molar-refractivity contribution in [3.8, 4) is 0 Å². The molecule has 1 N–H and O–H groups in total. The van der Waals surface area contributed by atoms with Crippen molar-refractivity contribution in [2.75, 3.05) is 31.1 Å². The van der Waals surface area contributed by atoms with Crippen LogP contribution in [0.4, 0.5) is 18.9 Å². The van der Waals surface area contributed by atoms with E-state index in [1.54, 1.807) is 46.7 Å². The van der Waals surface area contributed by atoms with Gasteiger partial charge in [0.2, 0.25) is 0 Å². The standard InChI is InChI=1S/C25H21F3N4O3S/c26-25(27,28)18-2-1-3-19(14-18)30-9-11-31(12-10-30)22(33)17-6-4-16(5-7-17)15-32-23(34)21-20(8-13-36-21)29-24(32)35/h1-8,13-14H,9-12,15H2,(H,29,35). The van der Waals surface area contributed by atoms with Gasteiger partial charge in [-0.25, -0.2) is 4.79 Å². The van der Waals surface area contributed by atoms with Gasteiger partial charge in [0.25, 0.3) is 11.5 Å². The molecule has 0 aliphatic carbocycles. The van der Waals surface area contributed by atoms with E-state index in [9.17, 15) is 27.6 Å². The number of amides is 1. The normalized spacial score (nSPS) is 14.4. The number of hydrogen-bond acceptors (Lipinski definition) is 5. The Labute approximate surface area is 207 Å². The lowest BCUT2D eigenvalue weighted by molar-refractivity contribution is -0.137. The van der Waals surface area contributed by atoms with E-state index in [1.807, 2.05) is 4.90 Å². The van der Waals surface area contributed by atoms with Gasteiger partial charge >= 0.3 is 11.9 Å². The molecule has 0 radical (unpaired) electrons. The van der Waals surface area contributed by atoms with Gasteiger partial charge in [-0.2, -0.15) is 13.2 Å². The topological polar surface area (TPSA) is 78.4 Å². The number of thiophene rings is 1. The number of hydrogen-bond donors (Lipinski definition) is 1. The largest absolute Gasteiger partial charge is 0.416 e. The molecule has 0 spiro atoms. The molecule has 0 atom stereocenters. The number of rotatable bonds is 4. The lowest BCUT2D eigenvalue weighted by Crippen LogP contribution is -2.48. The number of piperazine rings is 1. The fourth-order valence-corrected chi connectivity index (χ4v) is 5.08. The zero-order chi connectivity index (χ0) is 25.4. The number of halogens is 3. The van der Waals surface area contributed by atoms with Crippen molar-refractivity contribution in [3.05, 3.63) is 97.5 Å². The number of carbonyl (C=O) groups is 1. The molecule has 5 rings (SSSR count). The second-order valence-electron chi connectivity index (χ2n) is 8.51. The predicted molar refractivity (Wildman–Crippen MR) is 132 cm³/mol. The van der Waals surface area contributed by atoms with Crippen molar-refractivity contribution < 1.29 is 18.0 Å². The van der Waals surface area contributed by atoms with Crippen LogP contribution in [0.5, 0.6) is 0 Å². The minimum Gasteiger partial charge on any atom is -0.368 e. The average molecular weight is 515 g/mol. The zero-order valence-corrected chi connectivity index (χ0v) is 19.7. The van der Waals surface area contributed by atoms with Crippen molar-refractivity contribution in [3.63, 3.8) is 0 Å². The Morgan fingerprint density at radius 3 is 2.39 bits per heavy atom. The van der Waals surface area contributed by atoms with Crippen molar-refractivity contribution in [2.45, 2.75) is 12.7 Å². The van der Waals surface area contributed by atoms with E-state index in [2.05, 4.69) is 4.98 Å². The zero-order valence-electron chi connectivity index (χ0n) is 18.9. The number of H-pyrrole nitrogens is 1.